The van der Waals surface area contributed by atoms with Crippen LogP contribution in [0.25, 0.3) is 0 Å². The van der Waals surface area contributed by atoms with Crippen LogP contribution in [0.1, 0.15) is 18.1 Å². The first-order valence-electron chi connectivity index (χ1n) is 6.40. The molecule has 1 aromatic carbocycles. The Morgan fingerprint density at radius 1 is 1.16 bits per heavy atom. The Bertz CT molecular complexity index is 373. The van der Waals surface area contributed by atoms with Crippen LogP contribution in [0.5, 0.6) is 0 Å². The van der Waals surface area contributed by atoms with Crippen LogP contribution in [0.2, 0.25) is 0 Å². The maximum atomic E-state index is 12.6. The van der Waals surface area contributed by atoms with Crippen LogP contribution in [-0.2, 0) is 13.0 Å². The lowest BCUT2D eigenvalue weighted by atomic mass is 10.1. The van der Waals surface area contributed by atoms with Gasteiger partial charge in [-0.1, -0.05) is 31.2 Å². The molecule has 1 atom stereocenters. The molecule has 0 aromatic heterocycles. The molecule has 2 N–H and O–H groups in total. The topological polar surface area (TPSA) is 29.3 Å². The van der Waals surface area contributed by atoms with Crippen LogP contribution in [0, 0.1) is 5.92 Å². The normalized spacial score (nSPS) is 13.8. The highest BCUT2D eigenvalue weighted by Gasteiger charge is 2.38. The van der Waals surface area contributed by atoms with Crippen molar-refractivity contribution in [3.05, 3.63) is 35.4 Å². The zero-order valence-corrected chi connectivity index (χ0v) is 11.4. The Morgan fingerprint density at radius 2 is 1.68 bits per heavy atom. The number of hydrogen-bond donors (Lipinski definition) is 1. The van der Waals surface area contributed by atoms with Gasteiger partial charge in [-0.05, 0) is 24.6 Å². The minimum Gasteiger partial charge on any atom is -0.330 e. The molecule has 0 fully saturated rings. The predicted octanol–water partition coefficient (Wildman–Crippen LogP) is 2.82. The number of hydrogen-bond acceptors (Lipinski definition) is 2. The molecule has 0 radical (unpaired) electrons. The number of nitrogens with two attached hydrogens (primary N) is 1. The van der Waals surface area contributed by atoms with Crippen molar-refractivity contribution in [2.75, 3.05) is 20.1 Å². The fraction of sp³-hybridized carbons (Fsp3) is 0.571. The molecule has 0 aliphatic carbocycles. The highest BCUT2D eigenvalue weighted by Crippen LogP contribution is 2.26. The number of aryl methyl sites for hydroxylation is 1. The third-order valence-corrected chi connectivity index (χ3v) is 3.16. The molecule has 0 aliphatic rings. The number of nitrogens with zero attached hydrogens (tertiary/aromatic N) is 1. The van der Waals surface area contributed by atoms with E-state index in [-0.39, 0.29) is 13.1 Å². The Kier molecular flexibility index (Phi) is 5.82. The van der Waals surface area contributed by atoms with Crippen molar-refractivity contribution in [2.45, 2.75) is 26.1 Å². The van der Waals surface area contributed by atoms with E-state index in [2.05, 4.69) is 6.92 Å². The van der Waals surface area contributed by atoms with E-state index in [1.807, 2.05) is 24.3 Å². The Labute approximate surface area is 112 Å². The van der Waals surface area contributed by atoms with E-state index in [0.717, 1.165) is 12.0 Å². The predicted molar refractivity (Wildman–Crippen MR) is 70.8 cm³/mol. The second-order valence-corrected chi connectivity index (χ2v) is 4.84. The van der Waals surface area contributed by atoms with Crippen molar-refractivity contribution < 1.29 is 13.2 Å². The highest BCUT2D eigenvalue weighted by atomic mass is 19.4. The first kappa shape index (κ1) is 16.0. The maximum absolute atomic E-state index is 12.6. The molecular weight excluding hydrogens is 253 g/mol. The lowest BCUT2D eigenvalue weighted by Crippen LogP contribution is -2.39. The zero-order chi connectivity index (χ0) is 14.5. The van der Waals surface area contributed by atoms with E-state index in [4.69, 9.17) is 5.73 Å². The molecule has 19 heavy (non-hydrogen) atoms. The first-order chi connectivity index (χ1) is 8.86. The van der Waals surface area contributed by atoms with Crippen LogP contribution in [0.3, 0.4) is 0 Å². The lowest BCUT2D eigenvalue weighted by Gasteiger charge is -2.25. The molecule has 0 saturated heterocycles. The number of halogens is 3. The summed E-state index contributed by atoms with van der Waals surface area (Å²) in [5, 5.41) is 0. The molecule has 5 heteroatoms. The number of rotatable bonds is 6. The molecule has 0 spiro atoms. The molecule has 1 rings (SSSR count). The van der Waals surface area contributed by atoms with Crippen molar-refractivity contribution in [2.24, 2.45) is 11.7 Å². The fourth-order valence-electron chi connectivity index (χ4n) is 1.94. The van der Waals surface area contributed by atoms with Gasteiger partial charge in [0.2, 0.25) is 0 Å². The van der Waals surface area contributed by atoms with Crippen molar-refractivity contribution in [1.82, 2.24) is 4.90 Å². The van der Waals surface area contributed by atoms with Gasteiger partial charge in [-0.3, -0.25) is 0 Å². The summed E-state index contributed by atoms with van der Waals surface area (Å²) < 4.78 is 37.8. The maximum Gasteiger partial charge on any atom is 0.394 e. The number of alkyl halides is 3. The van der Waals surface area contributed by atoms with E-state index in [9.17, 15) is 13.2 Å². The Balaban J connectivity index is 2.56. The molecule has 108 valence electrons. The summed E-state index contributed by atoms with van der Waals surface area (Å²) in [6, 6.07) is 7.93. The van der Waals surface area contributed by atoms with Crippen LogP contribution in [-0.4, -0.2) is 31.2 Å². The molecular formula is C14H21F3N2. The summed E-state index contributed by atoms with van der Waals surface area (Å²) >= 11 is 0. The van der Waals surface area contributed by atoms with Gasteiger partial charge >= 0.3 is 6.18 Å². The summed E-state index contributed by atoms with van der Waals surface area (Å²) in [7, 11) is 1.68. The second-order valence-electron chi connectivity index (χ2n) is 4.84. The van der Waals surface area contributed by atoms with E-state index in [0.29, 0.717) is 6.54 Å². The van der Waals surface area contributed by atoms with Crippen molar-refractivity contribution in [3.8, 4) is 0 Å². The van der Waals surface area contributed by atoms with E-state index >= 15 is 0 Å². The zero-order valence-electron chi connectivity index (χ0n) is 11.4. The van der Waals surface area contributed by atoms with Crippen molar-refractivity contribution >= 4 is 0 Å². The van der Waals surface area contributed by atoms with Gasteiger partial charge < -0.3 is 10.6 Å². The first-order valence-corrected chi connectivity index (χ1v) is 6.40. The molecule has 0 amide bonds. The minimum absolute atomic E-state index is 0.0739. The van der Waals surface area contributed by atoms with Crippen LogP contribution in [0.4, 0.5) is 13.2 Å². The van der Waals surface area contributed by atoms with Gasteiger partial charge in [0, 0.05) is 19.6 Å². The molecule has 0 saturated carbocycles. The van der Waals surface area contributed by atoms with E-state index in [1.54, 1.807) is 11.9 Å². The third kappa shape index (κ3) is 5.20. The largest absolute Gasteiger partial charge is 0.394 e. The summed E-state index contributed by atoms with van der Waals surface area (Å²) in [6.07, 6.45) is -3.27. The van der Waals surface area contributed by atoms with Gasteiger partial charge in [0.05, 0.1) is 5.92 Å². The highest BCUT2D eigenvalue weighted by molar-refractivity contribution is 5.22. The Hall–Kier alpha value is -1.07. The monoisotopic (exact) mass is 274 g/mol. The van der Waals surface area contributed by atoms with Crippen molar-refractivity contribution in [1.29, 1.82) is 0 Å². The summed E-state index contributed by atoms with van der Waals surface area (Å²) in [5.41, 5.74) is 7.43. The van der Waals surface area contributed by atoms with Gasteiger partial charge in [-0.2, -0.15) is 13.2 Å². The Morgan fingerprint density at radius 3 is 2.11 bits per heavy atom. The van der Waals surface area contributed by atoms with Gasteiger partial charge in [-0.15, -0.1) is 0 Å². The lowest BCUT2D eigenvalue weighted by molar-refractivity contribution is -0.175. The average Bonchev–Trinajstić information content (AvgIpc) is 2.35. The number of benzene rings is 1. The summed E-state index contributed by atoms with van der Waals surface area (Å²) in [6.45, 7) is 2.12. The summed E-state index contributed by atoms with van der Waals surface area (Å²) in [5.74, 6) is -1.47. The smallest absolute Gasteiger partial charge is 0.330 e. The molecule has 1 aromatic rings. The molecule has 2 nitrogen and oxygen atoms in total. The SMILES string of the molecule is CCc1ccc(CN(C)CC(CN)C(F)(F)F)cc1. The van der Waals surface area contributed by atoms with Gasteiger partial charge in [0.15, 0.2) is 0 Å². The van der Waals surface area contributed by atoms with Crippen LogP contribution < -0.4 is 5.73 Å². The quantitative estimate of drug-likeness (QED) is 0.864. The molecule has 0 bridgehead atoms. The van der Waals surface area contributed by atoms with Gasteiger partial charge in [0.1, 0.15) is 0 Å². The third-order valence-electron chi connectivity index (χ3n) is 3.16. The van der Waals surface area contributed by atoms with Crippen LogP contribution in [0.15, 0.2) is 24.3 Å². The van der Waals surface area contributed by atoms with Crippen molar-refractivity contribution in [3.63, 3.8) is 0 Å². The standard InChI is InChI=1S/C14H21F3N2/c1-3-11-4-6-12(7-5-11)9-19(2)10-13(8-18)14(15,16)17/h4-7,13H,3,8-10,18H2,1-2H3. The minimum atomic E-state index is -4.23. The van der Waals surface area contributed by atoms with Gasteiger partial charge in [-0.25, -0.2) is 0 Å². The second kappa shape index (κ2) is 6.91. The fourth-order valence-corrected chi connectivity index (χ4v) is 1.94. The van der Waals surface area contributed by atoms with E-state index in [1.165, 1.54) is 5.56 Å². The average molecular weight is 274 g/mol. The van der Waals surface area contributed by atoms with Gasteiger partial charge in [0.25, 0.3) is 0 Å². The molecule has 0 aliphatic heterocycles. The molecule has 0 heterocycles. The van der Waals surface area contributed by atoms with Crippen LogP contribution >= 0.6 is 0 Å². The summed E-state index contributed by atoms with van der Waals surface area (Å²) in [4.78, 5) is 1.66. The molecule has 1 unspecified atom stereocenters. The van der Waals surface area contributed by atoms with E-state index < -0.39 is 12.1 Å².